The van der Waals surface area contributed by atoms with Crippen LogP contribution in [-0.4, -0.2) is 17.8 Å². The Morgan fingerprint density at radius 3 is 1.25 bits per heavy atom. The lowest BCUT2D eigenvalue weighted by Crippen LogP contribution is -2.62. The molecule has 5 heteroatoms. The van der Waals surface area contributed by atoms with Gasteiger partial charge >= 0.3 is 0 Å². The number of hydrogen-bond acceptors (Lipinski definition) is 4. The minimum atomic E-state index is -0.205. The SMILES string of the molecule is CC(C)(C)c1ccc(N2c3ccc(N4c5ccc(C(C)(C)C)cc5C5(C)CCCCC45C)cc3B3c4cc(-c5ccccc5)ccc4N(c4ccc(-c5ccccc5)cc4)c4cc(N5c6ccc(C(C)(C)C)cc6C6(C)CCCCC56C)cc2c43)c(-c2ccccc2)c1. The second kappa shape index (κ2) is 21.0. The Morgan fingerprint density at radius 1 is 0.312 bits per heavy atom. The van der Waals surface area contributed by atoms with Crippen LogP contribution in [-0.2, 0) is 27.1 Å². The zero-order valence-electron chi connectivity index (χ0n) is 57.3. The van der Waals surface area contributed by atoms with Gasteiger partial charge in [-0.25, -0.2) is 0 Å². The molecule has 0 N–H and O–H groups in total. The summed E-state index contributed by atoms with van der Waals surface area (Å²) >= 11 is 0. The van der Waals surface area contributed by atoms with Crippen LogP contribution in [0.15, 0.2) is 218 Å². The van der Waals surface area contributed by atoms with Gasteiger partial charge in [-0.1, -0.05) is 247 Å². The Kier molecular flexibility index (Phi) is 13.4. The number of benzene rings is 10. The lowest BCUT2D eigenvalue weighted by Gasteiger charge is -2.51. The Hall–Kier alpha value is -8.54. The van der Waals surface area contributed by atoms with Crippen LogP contribution in [0.4, 0.5) is 56.9 Å². The van der Waals surface area contributed by atoms with E-state index >= 15 is 0 Å². The van der Waals surface area contributed by atoms with Crippen molar-refractivity contribution in [2.45, 2.75) is 180 Å². The molecule has 10 aromatic rings. The third kappa shape index (κ3) is 8.97. The maximum atomic E-state index is 2.85. The first-order chi connectivity index (χ1) is 44.5. The lowest BCUT2D eigenvalue weighted by atomic mass is 9.33. The molecule has 16 rings (SSSR count). The molecule has 0 radical (unpaired) electrons. The quantitative estimate of drug-likeness (QED) is 0.147. The van der Waals surface area contributed by atoms with Gasteiger partial charge in [-0.05, 0) is 201 Å². The molecule has 0 bridgehead atoms. The fraction of sp³-hybridized carbons (Fsp3) is 0.318. The van der Waals surface area contributed by atoms with Gasteiger partial charge in [0, 0.05) is 67.6 Å². The highest BCUT2D eigenvalue weighted by Crippen LogP contribution is 2.64. The van der Waals surface area contributed by atoms with E-state index in [9.17, 15) is 0 Å². The van der Waals surface area contributed by atoms with E-state index < -0.39 is 0 Å². The van der Waals surface area contributed by atoms with Crippen molar-refractivity contribution in [1.29, 1.82) is 0 Å². The Labute approximate surface area is 555 Å². The van der Waals surface area contributed by atoms with Crippen LogP contribution in [0, 0.1) is 0 Å². The van der Waals surface area contributed by atoms with E-state index in [1.54, 1.807) is 0 Å². The monoisotopic (exact) mass is 1210 g/mol. The molecule has 4 heterocycles. The highest BCUT2D eigenvalue weighted by atomic mass is 15.3. The first-order valence-corrected chi connectivity index (χ1v) is 34.9. The maximum absolute atomic E-state index is 2.85. The van der Waals surface area contributed by atoms with Crippen molar-refractivity contribution in [2.24, 2.45) is 0 Å². The zero-order chi connectivity index (χ0) is 64.4. The fourth-order valence-corrected chi connectivity index (χ4v) is 18.3. The van der Waals surface area contributed by atoms with Crippen molar-refractivity contribution in [3.8, 4) is 33.4 Å². The predicted octanol–water partition coefficient (Wildman–Crippen LogP) is 22.1. The minimum Gasteiger partial charge on any atom is -0.334 e. The second-order valence-corrected chi connectivity index (χ2v) is 32.4. The molecular formula is C88H91BN4. The molecule has 2 aliphatic carbocycles. The molecule has 0 saturated heterocycles. The largest absolute Gasteiger partial charge is 0.334 e. The summed E-state index contributed by atoms with van der Waals surface area (Å²) in [7, 11) is 0. The molecule has 4 unspecified atom stereocenters. The van der Waals surface area contributed by atoms with Crippen molar-refractivity contribution in [1.82, 2.24) is 0 Å². The average molecular weight is 1220 g/mol. The van der Waals surface area contributed by atoms with Gasteiger partial charge in [0.15, 0.2) is 0 Å². The molecule has 2 saturated carbocycles. The van der Waals surface area contributed by atoms with Crippen LogP contribution < -0.4 is 36.0 Å². The number of nitrogens with zero attached hydrogens (tertiary/aromatic N) is 4. The summed E-state index contributed by atoms with van der Waals surface area (Å²) in [4.78, 5) is 11.1. The molecule has 466 valence electrons. The van der Waals surface area contributed by atoms with Crippen molar-refractivity contribution in [3.05, 3.63) is 246 Å². The first kappa shape index (κ1) is 59.5. The molecule has 93 heavy (non-hydrogen) atoms. The molecule has 6 aliphatic rings. The van der Waals surface area contributed by atoms with Crippen LogP contribution in [0.3, 0.4) is 0 Å². The molecule has 0 amide bonds. The van der Waals surface area contributed by atoms with E-state index in [1.165, 1.54) is 161 Å². The Bertz CT molecular complexity index is 4610. The summed E-state index contributed by atoms with van der Waals surface area (Å²) in [5, 5.41) is 0. The van der Waals surface area contributed by atoms with Crippen LogP contribution in [0.25, 0.3) is 33.4 Å². The van der Waals surface area contributed by atoms with E-state index in [0.717, 1.165) is 24.9 Å². The average Bonchev–Trinajstić information content (AvgIpc) is 1.67. The molecular weight excluding hydrogens is 1120 g/mol. The zero-order valence-corrected chi connectivity index (χ0v) is 57.3. The number of rotatable bonds is 7. The van der Waals surface area contributed by atoms with Gasteiger partial charge in [0.1, 0.15) is 0 Å². The number of hydrogen-bond donors (Lipinski definition) is 0. The highest BCUT2D eigenvalue weighted by molar-refractivity contribution is 7.00. The van der Waals surface area contributed by atoms with Crippen LogP contribution in [0.5, 0.6) is 0 Å². The molecule has 10 aromatic carbocycles. The normalized spacial score (nSPS) is 22.0. The fourth-order valence-electron chi connectivity index (χ4n) is 18.3. The summed E-state index contributed by atoms with van der Waals surface area (Å²) in [6.45, 7) is 31.6. The molecule has 0 spiro atoms. The van der Waals surface area contributed by atoms with Crippen molar-refractivity contribution < 1.29 is 0 Å². The van der Waals surface area contributed by atoms with Gasteiger partial charge in [-0.15, -0.1) is 0 Å². The summed E-state index contributed by atoms with van der Waals surface area (Å²) in [6, 6.07) is 85.7. The van der Waals surface area contributed by atoms with Crippen molar-refractivity contribution >= 4 is 80.0 Å². The van der Waals surface area contributed by atoms with Crippen LogP contribution in [0.2, 0.25) is 0 Å². The van der Waals surface area contributed by atoms with Gasteiger partial charge in [0.25, 0.3) is 6.71 Å². The molecule has 2 fully saturated rings. The molecule has 4 atom stereocenters. The van der Waals surface area contributed by atoms with Gasteiger partial charge in [-0.3, -0.25) is 0 Å². The summed E-state index contributed by atoms with van der Waals surface area (Å²) in [5.74, 6) is 0. The standard InChI is InChI=1S/C88H91BN4/c1-82(2,3)63-36-43-74(69(52-63)61-31-21-16-22-32-61)91-78-46-41-67(92-75-44-37-64(83(4,5)6)53-70(75)85(10)47-23-25-49-87(85,92)12)55-73(78)89-72-51-62(59-29-19-15-20-30-59)35-42-77(72)90(66-39-33-60(34-40-66)58-27-17-14-18-28-58)79-56-68(57-80(91)81(79)89)93-76-45-38-65(84(7,8)9)54-71(76)86(11)48-24-26-50-88(86,93)13/h14-22,27-46,51-57H,23-26,47-50H2,1-13H3. The van der Waals surface area contributed by atoms with Gasteiger partial charge in [-0.2, -0.15) is 0 Å². The molecule has 4 aliphatic heterocycles. The third-order valence-electron chi connectivity index (χ3n) is 24.0. The van der Waals surface area contributed by atoms with E-state index in [-0.39, 0.29) is 44.9 Å². The minimum absolute atomic E-state index is 0.00764. The summed E-state index contributed by atoms with van der Waals surface area (Å²) < 4.78 is 0. The topological polar surface area (TPSA) is 13.0 Å². The number of anilines is 10. The first-order valence-electron chi connectivity index (χ1n) is 34.9. The van der Waals surface area contributed by atoms with Crippen LogP contribution in [0.1, 0.15) is 169 Å². The second-order valence-electron chi connectivity index (χ2n) is 32.4. The summed E-state index contributed by atoms with van der Waals surface area (Å²) in [5.41, 5.74) is 30.3. The van der Waals surface area contributed by atoms with E-state index in [1.807, 2.05) is 0 Å². The van der Waals surface area contributed by atoms with E-state index in [0.29, 0.717) is 0 Å². The Balaban J connectivity index is 1.03. The van der Waals surface area contributed by atoms with E-state index in [2.05, 4.69) is 328 Å². The molecule has 4 nitrogen and oxygen atoms in total. The Morgan fingerprint density at radius 2 is 0.710 bits per heavy atom. The number of fused-ring (bicyclic) bond motifs is 10. The lowest BCUT2D eigenvalue weighted by molar-refractivity contribution is 0.195. The smallest absolute Gasteiger partial charge is 0.252 e. The van der Waals surface area contributed by atoms with E-state index in [4.69, 9.17) is 0 Å². The van der Waals surface area contributed by atoms with Gasteiger partial charge in [0.2, 0.25) is 0 Å². The van der Waals surface area contributed by atoms with Crippen LogP contribution >= 0.6 is 0 Å². The predicted molar refractivity (Wildman–Crippen MR) is 398 cm³/mol. The summed E-state index contributed by atoms with van der Waals surface area (Å²) in [6.07, 6.45) is 9.42. The van der Waals surface area contributed by atoms with Crippen molar-refractivity contribution in [3.63, 3.8) is 0 Å². The molecule has 0 aromatic heterocycles. The van der Waals surface area contributed by atoms with Gasteiger partial charge in [0.05, 0.1) is 16.8 Å². The van der Waals surface area contributed by atoms with Gasteiger partial charge < -0.3 is 19.6 Å². The maximum Gasteiger partial charge on any atom is 0.252 e. The van der Waals surface area contributed by atoms with Crippen molar-refractivity contribution in [2.75, 3.05) is 19.6 Å². The third-order valence-corrected chi connectivity index (χ3v) is 24.0. The highest BCUT2D eigenvalue weighted by Gasteiger charge is 2.60.